The molecule has 0 radical (unpaired) electrons. The normalized spacial score (nSPS) is 12.7. The quantitative estimate of drug-likeness (QED) is 0.776. The first-order chi connectivity index (χ1) is 10.3. The average Bonchev–Trinajstić information content (AvgIpc) is 2.91. The standard InChI is InChI=1S/C16H16FN3S/c1-2-5-20-16(13-10-18-6-7-19-13)15-8-11-3-4-12(17)9-14(11)21-15/h3-4,6-10,16,20H,2,5H2,1H3. The van der Waals surface area contributed by atoms with Crippen molar-refractivity contribution in [3.8, 4) is 0 Å². The van der Waals surface area contributed by atoms with Crippen molar-refractivity contribution < 1.29 is 4.39 Å². The van der Waals surface area contributed by atoms with E-state index in [0.717, 1.165) is 33.6 Å². The zero-order valence-corrected chi connectivity index (χ0v) is 12.5. The number of halogens is 1. The molecule has 3 aromatic rings. The fourth-order valence-corrected chi connectivity index (χ4v) is 3.45. The van der Waals surface area contributed by atoms with Gasteiger partial charge in [0.15, 0.2) is 0 Å². The Morgan fingerprint density at radius 1 is 1.29 bits per heavy atom. The Morgan fingerprint density at radius 3 is 2.95 bits per heavy atom. The molecular formula is C16H16FN3S. The first-order valence-electron chi connectivity index (χ1n) is 6.96. The number of rotatable bonds is 5. The minimum absolute atomic E-state index is 0.000823. The van der Waals surface area contributed by atoms with Crippen molar-refractivity contribution in [3.05, 3.63) is 59.2 Å². The third kappa shape index (κ3) is 3.09. The largest absolute Gasteiger partial charge is 0.304 e. The molecule has 1 aromatic carbocycles. The van der Waals surface area contributed by atoms with Gasteiger partial charge in [-0.15, -0.1) is 11.3 Å². The lowest BCUT2D eigenvalue weighted by atomic mass is 10.1. The number of thiophene rings is 1. The topological polar surface area (TPSA) is 37.8 Å². The van der Waals surface area contributed by atoms with Crippen LogP contribution in [0.3, 0.4) is 0 Å². The van der Waals surface area contributed by atoms with Gasteiger partial charge < -0.3 is 5.32 Å². The molecule has 5 heteroatoms. The molecule has 1 N–H and O–H groups in total. The van der Waals surface area contributed by atoms with E-state index in [1.807, 2.05) is 6.07 Å². The second-order valence-corrected chi connectivity index (χ2v) is 5.96. The van der Waals surface area contributed by atoms with Crippen LogP contribution in [0.2, 0.25) is 0 Å². The Balaban J connectivity index is 2.01. The van der Waals surface area contributed by atoms with Crippen LogP contribution in [0.4, 0.5) is 4.39 Å². The fraction of sp³-hybridized carbons (Fsp3) is 0.250. The molecule has 0 saturated heterocycles. The average molecular weight is 301 g/mol. The van der Waals surface area contributed by atoms with Gasteiger partial charge >= 0.3 is 0 Å². The summed E-state index contributed by atoms with van der Waals surface area (Å²) >= 11 is 1.59. The maximum absolute atomic E-state index is 13.3. The number of nitrogens with zero attached hydrogens (tertiary/aromatic N) is 2. The zero-order chi connectivity index (χ0) is 14.7. The molecule has 3 rings (SSSR count). The Morgan fingerprint density at radius 2 is 2.19 bits per heavy atom. The Bertz CT molecular complexity index is 727. The highest BCUT2D eigenvalue weighted by atomic mass is 32.1. The Hall–Kier alpha value is -1.85. The van der Waals surface area contributed by atoms with E-state index in [-0.39, 0.29) is 11.9 Å². The van der Waals surface area contributed by atoms with Crippen LogP contribution in [0, 0.1) is 5.82 Å². The van der Waals surface area contributed by atoms with E-state index < -0.39 is 0 Å². The summed E-state index contributed by atoms with van der Waals surface area (Å²) in [5.41, 5.74) is 0.887. The number of hydrogen-bond acceptors (Lipinski definition) is 4. The fourth-order valence-electron chi connectivity index (χ4n) is 2.27. The highest BCUT2D eigenvalue weighted by molar-refractivity contribution is 7.19. The number of hydrogen-bond donors (Lipinski definition) is 1. The number of nitrogens with one attached hydrogen (secondary N) is 1. The molecule has 0 bridgehead atoms. The maximum Gasteiger partial charge on any atom is 0.124 e. The maximum atomic E-state index is 13.3. The highest BCUT2D eigenvalue weighted by Gasteiger charge is 2.17. The molecule has 2 heterocycles. The predicted molar refractivity (Wildman–Crippen MR) is 84.0 cm³/mol. The van der Waals surface area contributed by atoms with Gasteiger partial charge in [0, 0.05) is 22.0 Å². The van der Waals surface area contributed by atoms with E-state index in [4.69, 9.17) is 0 Å². The number of benzene rings is 1. The molecule has 0 amide bonds. The number of aromatic nitrogens is 2. The van der Waals surface area contributed by atoms with E-state index in [0.29, 0.717) is 0 Å². The van der Waals surface area contributed by atoms with Crippen LogP contribution in [0.15, 0.2) is 42.9 Å². The lowest BCUT2D eigenvalue weighted by Crippen LogP contribution is -2.23. The lowest BCUT2D eigenvalue weighted by Gasteiger charge is -2.15. The second-order valence-electron chi connectivity index (χ2n) is 4.85. The van der Waals surface area contributed by atoms with Gasteiger partial charge in [-0.05, 0) is 36.6 Å². The molecule has 0 spiro atoms. The molecule has 1 atom stereocenters. The molecular weight excluding hydrogens is 285 g/mol. The van der Waals surface area contributed by atoms with E-state index in [1.165, 1.54) is 6.07 Å². The first-order valence-corrected chi connectivity index (χ1v) is 7.78. The zero-order valence-electron chi connectivity index (χ0n) is 11.7. The summed E-state index contributed by atoms with van der Waals surface area (Å²) in [7, 11) is 0. The second kappa shape index (κ2) is 6.28. The van der Waals surface area contributed by atoms with Gasteiger partial charge in [-0.25, -0.2) is 4.39 Å². The van der Waals surface area contributed by atoms with E-state index in [9.17, 15) is 4.39 Å². The monoisotopic (exact) mass is 301 g/mol. The van der Waals surface area contributed by atoms with Gasteiger partial charge in [0.05, 0.1) is 17.9 Å². The summed E-state index contributed by atoms with van der Waals surface area (Å²) in [6.07, 6.45) is 6.18. The van der Waals surface area contributed by atoms with Crippen molar-refractivity contribution in [1.29, 1.82) is 0 Å². The van der Waals surface area contributed by atoms with Gasteiger partial charge in [0.25, 0.3) is 0 Å². The van der Waals surface area contributed by atoms with Crippen molar-refractivity contribution in [3.63, 3.8) is 0 Å². The molecule has 0 aliphatic carbocycles. The third-order valence-corrected chi connectivity index (χ3v) is 4.43. The van der Waals surface area contributed by atoms with Crippen LogP contribution in [-0.2, 0) is 0 Å². The molecule has 0 aliphatic rings. The van der Waals surface area contributed by atoms with E-state index >= 15 is 0 Å². The van der Waals surface area contributed by atoms with Crippen molar-refractivity contribution in [2.75, 3.05) is 6.54 Å². The summed E-state index contributed by atoms with van der Waals surface area (Å²) in [6.45, 7) is 3.02. The van der Waals surface area contributed by atoms with Gasteiger partial charge in [-0.1, -0.05) is 13.0 Å². The van der Waals surface area contributed by atoms with Crippen molar-refractivity contribution in [2.24, 2.45) is 0 Å². The van der Waals surface area contributed by atoms with Gasteiger partial charge in [0.1, 0.15) is 5.82 Å². The van der Waals surface area contributed by atoms with E-state index in [2.05, 4.69) is 28.3 Å². The first kappa shape index (κ1) is 14.1. The Kier molecular flexibility index (Phi) is 4.22. The van der Waals surface area contributed by atoms with Crippen LogP contribution < -0.4 is 5.32 Å². The Labute approximate surface area is 126 Å². The van der Waals surface area contributed by atoms with E-state index in [1.54, 1.807) is 36.0 Å². The van der Waals surface area contributed by atoms with Crippen LogP contribution in [-0.4, -0.2) is 16.5 Å². The van der Waals surface area contributed by atoms with Gasteiger partial charge in [-0.2, -0.15) is 0 Å². The van der Waals surface area contributed by atoms with Crippen molar-refractivity contribution in [1.82, 2.24) is 15.3 Å². The summed E-state index contributed by atoms with van der Waals surface area (Å²) in [6, 6.07) is 6.99. The van der Waals surface area contributed by atoms with Gasteiger partial charge in [-0.3, -0.25) is 9.97 Å². The highest BCUT2D eigenvalue weighted by Crippen LogP contribution is 2.32. The van der Waals surface area contributed by atoms with Gasteiger partial charge in [0.2, 0.25) is 0 Å². The van der Waals surface area contributed by atoms with Crippen molar-refractivity contribution in [2.45, 2.75) is 19.4 Å². The summed E-state index contributed by atoms with van der Waals surface area (Å²) in [5, 5.41) is 4.55. The van der Waals surface area contributed by atoms with Crippen LogP contribution in [0.1, 0.15) is 30.0 Å². The minimum atomic E-state index is -0.200. The molecule has 21 heavy (non-hydrogen) atoms. The smallest absolute Gasteiger partial charge is 0.124 e. The molecule has 2 aromatic heterocycles. The van der Waals surface area contributed by atoms with Crippen LogP contribution in [0.25, 0.3) is 10.1 Å². The summed E-state index contributed by atoms with van der Waals surface area (Å²) in [5.74, 6) is -0.200. The summed E-state index contributed by atoms with van der Waals surface area (Å²) in [4.78, 5) is 9.68. The SMILES string of the molecule is CCCNC(c1cnccn1)c1cc2ccc(F)cc2s1. The van der Waals surface area contributed by atoms with Crippen LogP contribution in [0.5, 0.6) is 0 Å². The molecule has 0 aliphatic heterocycles. The third-order valence-electron chi connectivity index (χ3n) is 3.26. The predicted octanol–water partition coefficient (Wildman–Crippen LogP) is 3.92. The molecule has 3 nitrogen and oxygen atoms in total. The van der Waals surface area contributed by atoms with Crippen molar-refractivity contribution >= 4 is 21.4 Å². The lowest BCUT2D eigenvalue weighted by molar-refractivity contribution is 0.592. The van der Waals surface area contributed by atoms with Crippen LogP contribution >= 0.6 is 11.3 Å². The molecule has 108 valence electrons. The molecule has 0 fully saturated rings. The molecule has 1 unspecified atom stereocenters. The summed E-state index contributed by atoms with van der Waals surface area (Å²) < 4.78 is 14.3. The minimum Gasteiger partial charge on any atom is -0.304 e. The number of fused-ring (bicyclic) bond motifs is 1. The molecule has 0 saturated carbocycles.